The van der Waals surface area contributed by atoms with Crippen molar-refractivity contribution in [3.05, 3.63) is 12.2 Å². The molecule has 62 valence electrons. The lowest BCUT2D eigenvalue weighted by molar-refractivity contribution is 0.214. The molecule has 0 saturated carbocycles. The maximum Gasteiger partial charge on any atom is 0.256 e. The van der Waals surface area contributed by atoms with Gasteiger partial charge in [0, 0.05) is 7.05 Å². The van der Waals surface area contributed by atoms with E-state index in [1.807, 2.05) is 0 Å². The van der Waals surface area contributed by atoms with Gasteiger partial charge >= 0.3 is 0 Å². The van der Waals surface area contributed by atoms with Crippen molar-refractivity contribution in [2.24, 2.45) is 0 Å². The lowest BCUT2D eigenvalue weighted by Gasteiger charge is -2.17. The fourth-order valence-electron chi connectivity index (χ4n) is 1.08. The summed E-state index contributed by atoms with van der Waals surface area (Å²) in [5, 5.41) is 3.28. The van der Waals surface area contributed by atoms with E-state index >= 15 is 0 Å². The number of thiocarbonyl (C=S) groups is 1. The van der Waals surface area contributed by atoms with E-state index < -0.39 is 0 Å². The lowest BCUT2D eigenvalue weighted by atomic mass is 10.1. The Morgan fingerprint density at radius 1 is 1.73 bits per heavy atom. The van der Waals surface area contributed by atoms with E-state index in [1.54, 1.807) is 7.05 Å². The third kappa shape index (κ3) is 2.89. The molecule has 0 amide bonds. The maximum atomic E-state index is 5.37. The van der Waals surface area contributed by atoms with Crippen LogP contribution in [0.15, 0.2) is 12.2 Å². The molecule has 1 aliphatic carbocycles. The highest BCUT2D eigenvalue weighted by Gasteiger charge is 2.09. The monoisotopic (exact) mass is 171 g/mol. The fourth-order valence-corrected chi connectivity index (χ4v) is 1.20. The second-order valence-corrected chi connectivity index (χ2v) is 2.92. The molecule has 0 heterocycles. The average Bonchev–Trinajstić information content (AvgIpc) is 2.06. The summed E-state index contributed by atoms with van der Waals surface area (Å²) in [6.45, 7) is 0. The van der Waals surface area contributed by atoms with Crippen molar-refractivity contribution in [1.82, 2.24) is 5.32 Å². The molecule has 1 aliphatic rings. The molecule has 0 bridgehead atoms. The molecule has 11 heavy (non-hydrogen) atoms. The van der Waals surface area contributed by atoms with Crippen molar-refractivity contribution in [2.45, 2.75) is 25.4 Å². The van der Waals surface area contributed by atoms with Crippen LogP contribution in [0.5, 0.6) is 0 Å². The highest BCUT2D eigenvalue weighted by Crippen LogP contribution is 2.13. The van der Waals surface area contributed by atoms with Crippen molar-refractivity contribution in [3.63, 3.8) is 0 Å². The summed E-state index contributed by atoms with van der Waals surface area (Å²) >= 11 is 4.87. The number of hydrogen-bond acceptors (Lipinski definition) is 2. The van der Waals surface area contributed by atoms with Crippen LogP contribution in [-0.2, 0) is 4.74 Å². The molecule has 3 heteroatoms. The van der Waals surface area contributed by atoms with Crippen molar-refractivity contribution >= 4 is 17.4 Å². The second-order valence-electron chi connectivity index (χ2n) is 2.55. The Balaban J connectivity index is 2.30. The summed E-state index contributed by atoms with van der Waals surface area (Å²) in [5.74, 6) is 0. The highest BCUT2D eigenvalue weighted by molar-refractivity contribution is 7.80. The smallest absolute Gasteiger partial charge is 0.256 e. The van der Waals surface area contributed by atoms with Gasteiger partial charge in [0.15, 0.2) is 0 Å². The van der Waals surface area contributed by atoms with Gasteiger partial charge in [-0.15, -0.1) is 0 Å². The molecule has 0 aliphatic heterocycles. The van der Waals surface area contributed by atoms with Gasteiger partial charge in [-0.2, -0.15) is 0 Å². The molecule has 0 saturated heterocycles. The van der Waals surface area contributed by atoms with Crippen LogP contribution in [0.1, 0.15) is 19.3 Å². The summed E-state index contributed by atoms with van der Waals surface area (Å²) in [6.07, 6.45) is 7.88. The molecular formula is C8H13NOS. The van der Waals surface area contributed by atoms with Gasteiger partial charge in [0.05, 0.1) is 0 Å². The molecular weight excluding hydrogens is 158 g/mol. The molecule has 0 aromatic rings. The number of hydrogen-bond donors (Lipinski definition) is 1. The fraction of sp³-hybridized carbons (Fsp3) is 0.625. The third-order valence-corrected chi connectivity index (χ3v) is 1.97. The van der Waals surface area contributed by atoms with E-state index in [0.717, 1.165) is 6.42 Å². The SMILES string of the molecule is CNC(=S)OC1C=CCCC1. The Labute approximate surface area is 72.6 Å². The van der Waals surface area contributed by atoms with Gasteiger partial charge < -0.3 is 10.1 Å². The maximum absolute atomic E-state index is 5.37. The van der Waals surface area contributed by atoms with Gasteiger partial charge in [0.2, 0.25) is 0 Å². The summed E-state index contributed by atoms with van der Waals surface area (Å²) < 4.78 is 5.37. The molecule has 2 nitrogen and oxygen atoms in total. The van der Waals surface area contributed by atoms with Gasteiger partial charge in [-0.3, -0.25) is 0 Å². The van der Waals surface area contributed by atoms with Crippen LogP contribution in [-0.4, -0.2) is 18.3 Å². The van der Waals surface area contributed by atoms with Gasteiger partial charge in [0.25, 0.3) is 5.17 Å². The Bertz CT molecular complexity index is 167. The topological polar surface area (TPSA) is 21.3 Å². The first-order chi connectivity index (χ1) is 5.33. The summed E-state index contributed by atoms with van der Waals surface area (Å²) in [4.78, 5) is 0. The normalized spacial score (nSPS) is 22.8. The number of allylic oxidation sites excluding steroid dienone is 1. The Morgan fingerprint density at radius 3 is 3.09 bits per heavy atom. The Hall–Kier alpha value is -0.570. The standard InChI is InChI=1S/C8H13NOS/c1-9-8(11)10-7-5-3-2-4-6-7/h3,5,7H,2,4,6H2,1H3,(H,9,11). The van der Waals surface area contributed by atoms with E-state index in [1.165, 1.54) is 12.8 Å². The molecule has 0 spiro atoms. The molecule has 0 radical (unpaired) electrons. The zero-order valence-electron chi connectivity index (χ0n) is 6.67. The first kappa shape index (κ1) is 8.53. The van der Waals surface area contributed by atoms with E-state index in [-0.39, 0.29) is 6.10 Å². The van der Waals surface area contributed by atoms with E-state index in [4.69, 9.17) is 17.0 Å². The summed E-state index contributed by atoms with van der Waals surface area (Å²) in [7, 11) is 1.77. The molecule has 0 aromatic carbocycles. The van der Waals surface area contributed by atoms with Crippen LogP contribution in [0.2, 0.25) is 0 Å². The molecule has 0 aromatic heterocycles. The highest BCUT2D eigenvalue weighted by atomic mass is 32.1. The molecule has 1 atom stereocenters. The van der Waals surface area contributed by atoms with Crippen LogP contribution >= 0.6 is 12.2 Å². The quantitative estimate of drug-likeness (QED) is 0.478. The number of rotatable bonds is 1. The predicted octanol–water partition coefficient (Wildman–Crippen LogP) is 1.62. The first-order valence-electron chi connectivity index (χ1n) is 3.88. The first-order valence-corrected chi connectivity index (χ1v) is 4.29. The minimum atomic E-state index is 0.198. The minimum absolute atomic E-state index is 0.198. The van der Waals surface area contributed by atoms with E-state index in [9.17, 15) is 0 Å². The number of ether oxygens (including phenoxy) is 1. The van der Waals surface area contributed by atoms with Crippen molar-refractivity contribution in [1.29, 1.82) is 0 Å². The van der Waals surface area contributed by atoms with Crippen LogP contribution in [0.4, 0.5) is 0 Å². The third-order valence-electron chi connectivity index (χ3n) is 1.67. The van der Waals surface area contributed by atoms with E-state index in [2.05, 4.69) is 17.5 Å². The molecule has 1 N–H and O–H groups in total. The lowest BCUT2D eigenvalue weighted by Crippen LogP contribution is -2.25. The predicted molar refractivity (Wildman–Crippen MR) is 49.5 cm³/mol. The van der Waals surface area contributed by atoms with Crippen molar-refractivity contribution in [2.75, 3.05) is 7.05 Å². The van der Waals surface area contributed by atoms with E-state index in [0.29, 0.717) is 5.17 Å². The van der Waals surface area contributed by atoms with Crippen LogP contribution in [0, 0.1) is 0 Å². The molecule has 1 unspecified atom stereocenters. The number of nitrogens with one attached hydrogen (secondary N) is 1. The summed E-state index contributed by atoms with van der Waals surface area (Å²) in [6, 6.07) is 0. The van der Waals surface area contributed by atoms with Gasteiger partial charge in [-0.25, -0.2) is 0 Å². The van der Waals surface area contributed by atoms with Gasteiger partial charge in [0.1, 0.15) is 6.10 Å². The summed E-state index contributed by atoms with van der Waals surface area (Å²) in [5.41, 5.74) is 0. The van der Waals surface area contributed by atoms with Gasteiger partial charge in [-0.05, 0) is 37.6 Å². The Kier molecular flexibility index (Phi) is 3.36. The zero-order valence-corrected chi connectivity index (χ0v) is 7.49. The molecule has 0 fully saturated rings. The average molecular weight is 171 g/mol. The minimum Gasteiger partial charge on any atom is -0.464 e. The van der Waals surface area contributed by atoms with Crippen LogP contribution in [0.25, 0.3) is 0 Å². The second kappa shape index (κ2) is 4.34. The van der Waals surface area contributed by atoms with Crippen molar-refractivity contribution < 1.29 is 4.74 Å². The van der Waals surface area contributed by atoms with Gasteiger partial charge in [-0.1, -0.05) is 6.08 Å². The largest absolute Gasteiger partial charge is 0.464 e. The van der Waals surface area contributed by atoms with Crippen LogP contribution < -0.4 is 5.32 Å². The van der Waals surface area contributed by atoms with Crippen molar-refractivity contribution in [3.8, 4) is 0 Å². The Morgan fingerprint density at radius 2 is 2.55 bits per heavy atom. The molecule has 1 rings (SSSR count). The zero-order chi connectivity index (χ0) is 8.10. The van der Waals surface area contributed by atoms with Crippen LogP contribution in [0.3, 0.4) is 0 Å².